The second-order valence-corrected chi connectivity index (χ2v) is 6.24. The Bertz CT molecular complexity index is 613. The molecule has 0 saturated carbocycles. The highest BCUT2D eigenvalue weighted by Gasteiger charge is 2.31. The molecule has 2 aliphatic heterocycles. The fourth-order valence-electron chi connectivity index (χ4n) is 3.45. The summed E-state index contributed by atoms with van der Waals surface area (Å²) in [7, 11) is 0. The third-order valence-electron chi connectivity index (χ3n) is 4.76. The molecular weight excluding hydrogens is 296 g/mol. The summed E-state index contributed by atoms with van der Waals surface area (Å²) in [5.41, 5.74) is 1.12. The Kier molecular flexibility index (Phi) is 4.58. The minimum absolute atomic E-state index is 0.0272. The number of nitro benzene ring substituents is 1. The van der Waals surface area contributed by atoms with Gasteiger partial charge in [0, 0.05) is 62.5 Å². The van der Waals surface area contributed by atoms with Crippen molar-refractivity contribution < 1.29 is 9.72 Å². The lowest BCUT2D eigenvalue weighted by atomic mass is 10.1. The van der Waals surface area contributed by atoms with Gasteiger partial charge in [-0.25, -0.2) is 0 Å². The molecule has 0 spiro atoms. The summed E-state index contributed by atoms with van der Waals surface area (Å²) in [6, 6.07) is 5.04. The molecule has 2 aliphatic rings. The Morgan fingerprint density at radius 2 is 2.04 bits per heavy atom. The number of likely N-dealkylation sites (tertiary alicyclic amines) is 1. The molecule has 7 heteroatoms. The Hall–Kier alpha value is -1.99. The van der Waals surface area contributed by atoms with Gasteiger partial charge in [-0.3, -0.25) is 19.8 Å². The maximum atomic E-state index is 12.6. The summed E-state index contributed by atoms with van der Waals surface area (Å²) >= 11 is 0. The van der Waals surface area contributed by atoms with E-state index < -0.39 is 4.92 Å². The molecule has 0 radical (unpaired) electrons. The Morgan fingerprint density at radius 3 is 2.70 bits per heavy atom. The standard InChI is InChI=1S/C16H22N4O3/c1-12-10-13(2-3-15(12)20(22)23)16(21)19-7-4-14(11-19)18-8-5-17-6-9-18/h2-3,10,14,17H,4-9,11H2,1H3. The van der Waals surface area contributed by atoms with E-state index in [1.54, 1.807) is 19.1 Å². The lowest BCUT2D eigenvalue weighted by Gasteiger charge is -2.32. The third-order valence-corrected chi connectivity index (χ3v) is 4.76. The molecule has 3 rings (SSSR count). The van der Waals surface area contributed by atoms with Crippen LogP contribution in [0.3, 0.4) is 0 Å². The van der Waals surface area contributed by atoms with Crippen LogP contribution in [0.25, 0.3) is 0 Å². The van der Waals surface area contributed by atoms with Gasteiger partial charge < -0.3 is 10.2 Å². The Labute approximate surface area is 135 Å². The number of hydrogen-bond donors (Lipinski definition) is 1. The highest BCUT2D eigenvalue weighted by molar-refractivity contribution is 5.95. The number of amides is 1. The predicted octanol–water partition coefficient (Wildman–Crippen LogP) is 1.02. The van der Waals surface area contributed by atoms with Crippen LogP contribution in [-0.4, -0.2) is 65.9 Å². The van der Waals surface area contributed by atoms with Crippen LogP contribution in [0.1, 0.15) is 22.3 Å². The first-order chi connectivity index (χ1) is 11.1. The van der Waals surface area contributed by atoms with E-state index >= 15 is 0 Å². The normalized spacial score (nSPS) is 22.3. The van der Waals surface area contributed by atoms with Crippen LogP contribution in [0.15, 0.2) is 18.2 Å². The first-order valence-corrected chi connectivity index (χ1v) is 8.05. The number of benzene rings is 1. The SMILES string of the molecule is Cc1cc(C(=O)N2CCC(N3CCNCC3)C2)ccc1[N+](=O)[O-]. The Balaban J connectivity index is 1.67. The smallest absolute Gasteiger partial charge is 0.272 e. The van der Waals surface area contributed by atoms with Gasteiger partial charge in [0.1, 0.15) is 0 Å². The van der Waals surface area contributed by atoms with Crippen molar-refractivity contribution in [3.63, 3.8) is 0 Å². The van der Waals surface area contributed by atoms with Crippen molar-refractivity contribution in [1.82, 2.24) is 15.1 Å². The van der Waals surface area contributed by atoms with Gasteiger partial charge in [0.25, 0.3) is 11.6 Å². The van der Waals surface area contributed by atoms with Crippen molar-refractivity contribution in [2.45, 2.75) is 19.4 Å². The largest absolute Gasteiger partial charge is 0.337 e. The van der Waals surface area contributed by atoms with Gasteiger partial charge in [-0.05, 0) is 25.5 Å². The van der Waals surface area contributed by atoms with Gasteiger partial charge in [0.05, 0.1) is 4.92 Å². The highest BCUT2D eigenvalue weighted by Crippen LogP contribution is 2.22. The number of hydrogen-bond acceptors (Lipinski definition) is 5. The van der Waals surface area contributed by atoms with Crippen molar-refractivity contribution in [1.29, 1.82) is 0 Å². The molecule has 1 atom stereocenters. The molecule has 0 bridgehead atoms. The summed E-state index contributed by atoms with van der Waals surface area (Å²) in [6.07, 6.45) is 0.998. The van der Waals surface area contributed by atoms with E-state index in [0.717, 1.165) is 45.7 Å². The van der Waals surface area contributed by atoms with Crippen LogP contribution in [-0.2, 0) is 0 Å². The van der Waals surface area contributed by atoms with Gasteiger partial charge >= 0.3 is 0 Å². The van der Waals surface area contributed by atoms with E-state index in [1.807, 2.05) is 4.90 Å². The summed E-state index contributed by atoms with van der Waals surface area (Å²) in [5, 5.41) is 14.2. The quantitative estimate of drug-likeness (QED) is 0.665. The molecule has 1 amide bonds. The minimum Gasteiger partial charge on any atom is -0.337 e. The number of nitro groups is 1. The van der Waals surface area contributed by atoms with Crippen LogP contribution in [0, 0.1) is 17.0 Å². The van der Waals surface area contributed by atoms with Crippen molar-refractivity contribution in [3.05, 3.63) is 39.4 Å². The fraction of sp³-hybridized carbons (Fsp3) is 0.562. The Morgan fingerprint density at radius 1 is 1.30 bits per heavy atom. The van der Waals surface area contributed by atoms with Crippen LogP contribution < -0.4 is 5.32 Å². The number of piperazine rings is 1. The summed E-state index contributed by atoms with van der Waals surface area (Å²) < 4.78 is 0. The molecule has 1 unspecified atom stereocenters. The minimum atomic E-state index is -0.417. The van der Waals surface area contributed by atoms with E-state index in [-0.39, 0.29) is 11.6 Å². The average molecular weight is 318 g/mol. The summed E-state index contributed by atoms with van der Waals surface area (Å²) in [4.78, 5) is 27.4. The number of rotatable bonds is 3. The third kappa shape index (κ3) is 3.35. The van der Waals surface area contributed by atoms with Gasteiger partial charge in [-0.1, -0.05) is 0 Å². The predicted molar refractivity (Wildman–Crippen MR) is 86.6 cm³/mol. The van der Waals surface area contributed by atoms with Crippen molar-refractivity contribution in [2.75, 3.05) is 39.3 Å². The fourth-order valence-corrected chi connectivity index (χ4v) is 3.45. The second-order valence-electron chi connectivity index (χ2n) is 6.24. The lowest BCUT2D eigenvalue weighted by Crippen LogP contribution is -2.49. The lowest BCUT2D eigenvalue weighted by molar-refractivity contribution is -0.385. The van der Waals surface area contributed by atoms with Gasteiger partial charge in [0.2, 0.25) is 0 Å². The molecule has 23 heavy (non-hydrogen) atoms. The van der Waals surface area contributed by atoms with Crippen LogP contribution in [0.2, 0.25) is 0 Å². The van der Waals surface area contributed by atoms with E-state index in [9.17, 15) is 14.9 Å². The molecule has 124 valence electrons. The van der Waals surface area contributed by atoms with E-state index in [4.69, 9.17) is 0 Å². The maximum absolute atomic E-state index is 12.6. The zero-order chi connectivity index (χ0) is 16.4. The molecule has 0 aromatic heterocycles. The summed E-state index contributed by atoms with van der Waals surface area (Å²) in [5.74, 6) is -0.0272. The zero-order valence-electron chi connectivity index (χ0n) is 13.3. The number of aryl methyl sites for hydroxylation is 1. The average Bonchev–Trinajstić information content (AvgIpc) is 3.04. The number of carbonyl (C=O) groups excluding carboxylic acids is 1. The number of carbonyl (C=O) groups is 1. The van der Waals surface area contributed by atoms with Crippen molar-refractivity contribution >= 4 is 11.6 Å². The first kappa shape index (κ1) is 15.9. The maximum Gasteiger partial charge on any atom is 0.272 e. The topological polar surface area (TPSA) is 78.7 Å². The van der Waals surface area contributed by atoms with Gasteiger partial charge in [-0.2, -0.15) is 0 Å². The van der Waals surface area contributed by atoms with Crippen LogP contribution in [0.4, 0.5) is 5.69 Å². The van der Waals surface area contributed by atoms with E-state index in [2.05, 4.69) is 10.2 Å². The molecule has 1 N–H and O–H groups in total. The van der Waals surface area contributed by atoms with Crippen molar-refractivity contribution in [3.8, 4) is 0 Å². The molecule has 2 saturated heterocycles. The molecular formula is C16H22N4O3. The highest BCUT2D eigenvalue weighted by atomic mass is 16.6. The number of nitrogens with zero attached hydrogens (tertiary/aromatic N) is 3. The zero-order valence-corrected chi connectivity index (χ0v) is 13.3. The van der Waals surface area contributed by atoms with E-state index in [1.165, 1.54) is 6.07 Å². The molecule has 1 aromatic rings. The number of nitrogens with one attached hydrogen (secondary N) is 1. The van der Waals surface area contributed by atoms with Crippen LogP contribution in [0.5, 0.6) is 0 Å². The molecule has 0 aliphatic carbocycles. The molecule has 7 nitrogen and oxygen atoms in total. The first-order valence-electron chi connectivity index (χ1n) is 8.05. The summed E-state index contributed by atoms with van der Waals surface area (Å²) in [6.45, 7) is 7.24. The van der Waals surface area contributed by atoms with Crippen LogP contribution >= 0.6 is 0 Å². The molecule has 1 aromatic carbocycles. The molecule has 2 heterocycles. The molecule has 2 fully saturated rings. The second kappa shape index (κ2) is 6.64. The van der Waals surface area contributed by atoms with Crippen molar-refractivity contribution in [2.24, 2.45) is 0 Å². The van der Waals surface area contributed by atoms with Gasteiger partial charge in [0.15, 0.2) is 0 Å². The van der Waals surface area contributed by atoms with Gasteiger partial charge in [-0.15, -0.1) is 0 Å². The monoisotopic (exact) mass is 318 g/mol. The van der Waals surface area contributed by atoms with E-state index in [0.29, 0.717) is 17.2 Å².